The van der Waals surface area contributed by atoms with E-state index in [4.69, 9.17) is 0 Å². The minimum absolute atomic E-state index is 0.0844. The Bertz CT molecular complexity index is 333. The molecular weight excluding hydrogens is 263 g/mol. The van der Waals surface area contributed by atoms with Crippen LogP contribution in [-0.2, 0) is 5.33 Å². The van der Waals surface area contributed by atoms with E-state index in [1.54, 1.807) is 0 Å². The van der Waals surface area contributed by atoms with Gasteiger partial charge in [-0.25, -0.2) is 8.78 Å². The molecule has 0 N–H and O–H groups in total. The lowest BCUT2D eigenvalue weighted by molar-refractivity contribution is 0.145. The van der Waals surface area contributed by atoms with Crippen molar-refractivity contribution in [1.82, 2.24) is 4.98 Å². The van der Waals surface area contributed by atoms with Gasteiger partial charge in [0.15, 0.2) is 0 Å². The molecule has 0 saturated carbocycles. The van der Waals surface area contributed by atoms with Crippen LogP contribution >= 0.6 is 15.9 Å². The van der Waals surface area contributed by atoms with Crippen LogP contribution in [0.4, 0.5) is 13.2 Å². The average Bonchev–Trinajstić information content (AvgIpc) is 2.16. The highest BCUT2D eigenvalue weighted by atomic mass is 79.9. The molecule has 1 aromatic heterocycles. The van der Waals surface area contributed by atoms with Crippen LogP contribution < -0.4 is 4.74 Å². The second-order valence-corrected chi connectivity index (χ2v) is 3.03. The number of halogens is 4. The van der Waals surface area contributed by atoms with E-state index in [2.05, 4.69) is 25.7 Å². The van der Waals surface area contributed by atoms with Gasteiger partial charge in [0, 0.05) is 10.9 Å². The van der Waals surface area contributed by atoms with Crippen LogP contribution in [0.15, 0.2) is 6.07 Å². The molecule has 2 nitrogen and oxygen atoms in total. The molecule has 1 aromatic rings. The molecule has 0 aliphatic carbocycles. The van der Waals surface area contributed by atoms with Crippen LogP contribution in [0.2, 0.25) is 0 Å². The van der Waals surface area contributed by atoms with Gasteiger partial charge in [-0.3, -0.25) is 0 Å². The topological polar surface area (TPSA) is 22.1 Å². The molecule has 0 unspecified atom stereocenters. The second kappa shape index (κ2) is 4.63. The molecule has 1 heterocycles. The van der Waals surface area contributed by atoms with Gasteiger partial charge in [0.2, 0.25) is 11.8 Å². The van der Waals surface area contributed by atoms with E-state index in [1.807, 2.05) is 0 Å². The molecule has 0 atom stereocenters. The fraction of sp³-hybridized carbons (Fsp3) is 0.375. The summed E-state index contributed by atoms with van der Waals surface area (Å²) in [6.07, 6.45) is -2.73. The van der Waals surface area contributed by atoms with Crippen LogP contribution in [0.1, 0.15) is 17.6 Å². The van der Waals surface area contributed by atoms with Gasteiger partial charge < -0.3 is 4.74 Å². The monoisotopic (exact) mass is 269 g/mol. The third-order valence-electron chi connectivity index (χ3n) is 1.61. The van der Waals surface area contributed by atoms with E-state index < -0.39 is 17.9 Å². The lowest BCUT2D eigenvalue weighted by Gasteiger charge is -2.08. The summed E-state index contributed by atoms with van der Waals surface area (Å²) in [5, 5.41) is 0.134. The maximum Gasteiger partial charge on any atom is 0.269 e. The molecule has 0 radical (unpaired) electrons. The Morgan fingerprint density at radius 3 is 2.64 bits per heavy atom. The van der Waals surface area contributed by atoms with Crippen molar-refractivity contribution in [2.45, 2.75) is 11.8 Å². The van der Waals surface area contributed by atoms with Gasteiger partial charge >= 0.3 is 0 Å². The first-order valence-corrected chi connectivity index (χ1v) is 4.79. The molecule has 0 aliphatic heterocycles. The number of hydrogen-bond acceptors (Lipinski definition) is 2. The summed E-state index contributed by atoms with van der Waals surface area (Å²) in [4.78, 5) is 3.28. The molecule has 0 bridgehead atoms. The van der Waals surface area contributed by atoms with Crippen LogP contribution in [0, 0.1) is 5.95 Å². The zero-order valence-corrected chi connectivity index (χ0v) is 8.82. The molecular formula is C8H7BrF3NO. The van der Waals surface area contributed by atoms with Crippen LogP contribution in [0.5, 0.6) is 5.88 Å². The standard InChI is InChI=1S/C8H7BrF3NO/c1-14-8-5(6(10)11)2-4(3-9)7(12)13-8/h2,6H,3H2,1H3. The SMILES string of the molecule is COc1nc(F)c(CBr)cc1C(F)F. The van der Waals surface area contributed by atoms with Gasteiger partial charge in [0.25, 0.3) is 6.43 Å². The van der Waals surface area contributed by atoms with Gasteiger partial charge in [0.05, 0.1) is 12.7 Å². The Kier molecular flexibility index (Phi) is 3.74. The van der Waals surface area contributed by atoms with E-state index >= 15 is 0 Å². The Labute approximate surface area is 87.2 Å². The Balaban J connectivity index is 3.25. The normalized spacial score (nSPS) is 10.7. The lowest BCUT2D eigenvalue weighted by atomic mass is 10.2. The van der Waals surface area contributed by atoms with E-state index in [9.17, 15) is 13.2 Å². The highest BCUT2D eigenvalue weighted by Gasteiger charge is 2.18. The van der Waals surface area contributed by atoms with Crippen LogP contribution in [0.3, 0.4) is 0 Å². The van der Waals surface area contributed by atoms with E-state index in [0.29, 0.717) is 0 Å². The highest BCUT2D eigenvalue weighted by molar-refractivity contribution is 9.08. The summed E-state index contributed by atoms with van der Waals surface area (Å²) < 4.78 is 42.4. The van der Waals surface area contributed by atoms with E-state index in [1.165, 1.54) is 7.11 Å². The molecule has 1 rings (SSSR count). The molecule has 0 aliphatic rings. The van der Waals surface area contributed by atoms with Crippen molar-refractivity contribution in [3.63, 3.8) is 0 Å². The fourth-order valence-corrected chi connectivity index (χ4v) is 1.34. The minimum Gasteiger partial charge on any atom is -0.481 e. The number of methoxy groups -OCH3 is 1. The number of rotatable bonds is 3. The van der Waals surface area contributed by atoms with Gasteiger partial charge in [-0.15, -0.1) is 0 Å². The molecule has 0 amide bonds. The third-order valence-corrected chi connectivity index (χ3v) is 2.22. The zero-order chi connectivity index (χ0) is 10.7. The first kappa shape index (κ1) is 11.3. The Morgan fingerprint density at radius 2 is 2.21 bits per heavy atom. The average molecular weight is 270 g/mol. The lowest BCUT2D eigenvalue weighted by Crippen LogP contribution is -2.01. The highest BCUT2D eigenvalue weighted by Crippen LogP contribution is 2.29. The van der Waals surface area contributed by atoms with Crippen molar-refractivity contribution >= 4 is 15.9 Å². The summed E-state index contributed by atoms with van der Waals surface area (Å²) in [7, 11) is 1.17. The summed E-state index contributed by atoms with van der Waals surface area (Å²) in [6.45, 7) is 0. The number of pyridine rings is 1. The van der Waals surface area contributed by atoms with Gasteiger partial charge in [-0.05, 0) is 6.07 Å². The molecule has 0 aromatic carbocycles. The van der Waals surface area contributed by atoms with Crippen LogP contribution in [0.25, 0.3) is 0 Å². The number of aromatic nitrogens is 1. The van der Waals surface area contributed by atoms with Crippen molar-refractivity contribution in [3.05, 3.63) is 23.1 Å². The predicted octanol–water partition coefficient (Wildman–Crippen LogP) is 3.06. The maximum atomic E-state index is 13.0. The largest absolute Gasteiger partial charge is 0.481 e. The first-order chi connectivity index (χ1) is 6.60. The van der Waals surface area contributed by atoms with Crippen LogP contribution in [-0.4, -0.2) is 12.1 Å². The van der Waals surface area contributed by atoms with Crippen molar-refractivity contribution in [3.8, 4) is 5.88 Å². The summed E-state index contributed by atoms with van der Waals surface area (Å²) in [5.41, 5.74) is -0.315. The number of hydrogen-bond donors (Lipinski definition) is 0. The predicted molar refractivity (Wildman–Crippen MR) is 48.3 cm³/mol. The van der Waals surface area contributed by atoms with E-state index in [0.717, 1.165) is 6.07 Å². The number of nitrogens with zero attached hydrogens (tertiary/aromatic N) is 1. The third kappa shape index (κ3) is 2.17. The summed E-state index contributed by atoms with van der Waals surface area (Å²) >= 11 is 2.97. The van der Waals surface area contributed by atoms with Crippen molar-refractivity contribution in [2.75, 3.05) is 7.11 Å². The molecule has 0 saturated heterocycles. The maximum absolute atomic E-state index is 13.0. The van der Waals surface area contributed by atoms with Crippen molar-refractivity contribution in [2.24, 2.45) is 0 Å². The Hall–Kier alpha value is -0.780. The van der Waals surface area contributed by atoms with Crippen molar-refractivity contribution < 1.29 is 17.9 Å². The fourth-order valence-electron chi connectivity index (χ4n) is 0.948. The zero-order valence-electron chi connectivity index (χ0n) is 7.23. The second-order valence-electron chi connectivity index (χ2n) is 2.47. The first-order valence-electron chi connectivity index (χ1n) is 3.67. The van der Waals surface area contributed by atoms with E-state index in [-0.39, 0.29) is 16.8 Å². The number of alkyl halides is 3. The molecule has 0 spiro atoms. The number of ether oxygens (including phenoxy) is 1. The smallest absolute Gasteiger partial charge is 0.269 e. The quantitative estimate of drug-likeness (QED) is 0.622. The molecule has 78 valence electrons. The summed E-state index contributed by atoms with van der Waals surface area (Å²) in [5.74, 6) is -1.18. The van der Waals surface area contributed by atoms with Gasteiger partial charge in [-0.2, -0.15) is 9.37 Å². The molecule has 6 heteroatoms. The Morgan fingerprint density at radius 1 is 1.57 bits per heavy atom. The van der Waals surface area contributed by atoms with Gasteiger partial charge in [0.1, 0.15) is 0 Å². The van der Waals surface area contributed by atoms with Gasteiger partial charge in [-0.1, -0.05) is 15.9 Å². The van der Waals surface area contributed by atoms with Crippen molar-refractivity contribution in [1.29, 1.82) is 0 Å². The molecule has 0 fully saturated rings. The minimum atomic E-state index is -2.73. The molecule has 14 heavy (non-hydrogen) atoms. The summed E-state index contributed by atoms with van der Waals surface area (Å²) in [6, 6.07) is 1.04.